The molecular weight excluding hydrogens is 390 g/mol. The second-order valence-corrected chi connectivity index (χ2v) is 9.63. The van der Waals surface area contributed by atoms with Gasteiger partial charge >= 0.3 is 5.97 Å². The van der Waals surface area contributed by atoms with Crippen molar-refractivity contribution in [3.63, 3.8) is 0 Å². The molecule has 6 nitrogen and oxygen atoms in total. The number of rotatable bonds is 7. The maximum absolute atomic E-state index is 12.1. The Balaban J connectivity index is 1.56. The number of aromatic nitrogens is 1. The summed E-state index contributed by atoms with van der Waals surface area (Å²) in [6.45, 7) is 5.28. The number of esters is 1. The lowest BCUT2D eigenvalue weighted by atomic mass is 10.1. The first-order valence-electron chi connectivity index (χ1n) is 9.27. The summed E-state index contributed by atoms with van der Waals surface area (Å²) < 4.78 is 34.8. The minimum atomic E-state index is -3.33. The summed E-state index contributed by atoms with van der Waals surface area (Å²) >= 11 is 0. The Kier molecular flexibility index (Phi) is 6.17. The SMILES string of the molecule is Cc1ccc(-c2cc(COC(=O)Cc3ccc(S(=O)(=O)C(C)C)cc3)no2)cc1. The molecule has 3 aromatic rings. The van der Waals surface area contributed by atoms with Gasteiger partial charge < -0.3 is 9.26 Å². The highest BCUT2D eigenvalue weighted by Gasteiger charge is 2.19. The molecular formula is C22H23NO5S. The summed E-state index contributed by atoms with van der Waals surface area (Å²) in [7, 11) is -3.33. The monoisotopic (exact) mass is 413 g/mol. The van der Waals surface area contributed by atoms with Crippen LogP contribution in [0.2, 0.25) is 0 Å². The average Bonchev–Trinajstić information content (AvgIpc) is 3.16. The zero-order chi connectivity index (χ0) is 21.0. The highest BCUT2D eigenvalue weighted by molar-refractivity contribution is 7.92. The molecule has 0 atom stereocenters. The van der Waals surface area contributed by atoms with Crippen molar-refractivity contribution in [3.05, 3.63) is 71.4 Å². The number of aryl methyl sites for hydroxylation is 1. The van der Waals surface area contributed by atoms with Crippen molar-refractivity contribution in [1.82, 2.24) is 5.16 Å². The lowest BCUT2D eigenvalue weighted by Gasteiger charge is -2.08. The second kappa shape index (κ2) is 8.61. The molecule has 0 amide bonds. The van der Waals surface area contributed by atoms with E-state index in [9.17, 15) is 13.2 Å². The summed E-state index contributed by atoms with van der Waals surface area (Å²) in [5, 5.41) is 3.44. The molecule has 0 bridgehead atoms. The van der Waals surface area contributed by atoms with Gasteiger partial charge in [0, 0.05) is 11.6 Å². The molecule has 3 rings (SSSR count). The van der Waals surface area contributed by atoms with Crippen molar-refractivity contribution in [2.45, 2.75) is 43.9 Å². The molecule has 0 aliphatic heterocycles. The van der Waals surface area contributed by atoms with Crippen LogP contribution >= 0.6 is 0 Å². The lowest BCUT2D eigenvalue weighted by molar-refractivity contribution is -0.144. The van der Waals surface area contributed by atoms with E-state index in [0.29, 0.717) is 17.0 Å². The summed E-state index contributed by atoms with van der Waals surface area (Å²) in [6, 6.07) is 15.9. The van der Waals surface area contributed by atoms with Gasteiger partial charge in [0.2, 0.25) is 0 Å². The Labute approximate surface area is 170 Å². The summed E-state index contributed by atoms with van der Waals surface area (Å²) in [4.78, 5) is 12.3. The second-order valence-electron chi connectivity index (χ2n) is 7.12. The van der Waals surface area contributed by atoms with Crippen LogP contribution in [0.25, 0.3) is 11.3 Å². The van der Waals surface area contributed by atoms with E-state index in [1.165, 1.54) is 12.1 Å². The third-order valence-electron chi connectivity index (χ3n) is 4.50. The van der Waals surface area contributed by atoms with E-state index < -0.39 is 21.1 Å². The van der Waals surface area contributed by atoms with E-state index >= 15 is 0 Å². The molecule has 0 radical (unpaired) electrons. The normalized spacial score (nSPS) is 11.6. The van der Waals surface area contributed by atoms with E-state index in [2.05, 4.69) is 5.16 Å². The maximum Gasteiger partial charge on any atom is 0.310 e. The van der Waals surface area contributed by atoms with E-state index in [0.717, 1.165) is 11.1 Å². The summed E-state index contributed by atoms with van der Waals surface area (Å²) in [6.07, 6.45) is 0.0463. The molecule has 2 aromatic carbocycles. The van der Waals surface area contributed by atoms with Crippen LogP contribution in [0.15, 0.2) is 64.0 Å². The Morgan fingerprint density at radius 1 is 1.07 bits per heavy atom. The number of hydrogen-bond donors (Lipinski definition) is 0. The smallest absolute Gasteiger partial charge is 0.310 e. The van der Waals surface area contributed by atoms with Crippen molar-refractivity contribution in [1.29, 1.82) is 0 Å². The fourth-order valence-electron chi connectivity index (χ4n) is 2.67. The fraction of sp³-hybridized carbons (Fsp3) is 0.273. The molecule has 0 fully saturated rings. The lowest BCUT2D eigenvalue weighted by Crippen LogP contribution is -2.14. The van der Waals surface area contributed by atoms with Crippen molar-refractivity contribution >= 4 is 15.8 Å². The minimum Gasteiger partial charge on any atom is -0.459 e. The van der Waals surface area contributed by atoms with Crippen molar-refractivity contribution in [2.75, 3.05) is 0 Å². The Bertz CT molecular complexity index is 1080. The minimum absolute atomic E-state index is 0.00794. The van der Waals surface area contributed by atoms with Crippen LogP contribution in [-0.4, -0.2) is 24.8 Å². The van der Waals surface area contributed by atoms with Gasteiger partial charge in [-0.3, -0.25) is 4.79 Å². The van der Waals surface area contributed by atoms with E-state index in [-0.39, 0.29) is 17.9 Å². The topological polar surface area (TPSA) is 86.5 Å². The summed E-state index contributed by atoms with van der Waals surface area (Å²) in [5.74, 6) is 0.183. The van der Waals surface area contributed by atoms with Crippen LogP contribution in [0, 0.1) is 6.92 Å². The van der Waals surface area contributed by atoms with Crippen molar-refractivity contribution in [2.24, 2.45) is 0 Å². The van der Waals surface area contributed by atoms with Crippen molar-refractivity contribution < 1.29 is 22.5 Å². The van der Waals surface area contributed by atoms with Gasteiger partial charge in [-0.05, 0) is 38.5 Å². The zero-order valence-electron chi connectivity index (χ0n) is 16.6. The van der Waals surface area contributed by atoms with Gasteiger partial charge in [-0.2, -0.15) is 0 Å². The predicted octanol–water partition coefficient (Wildman–Crippen LogP) is 4.12. The van der Waals surface area contributed by atoms with Crippen molar-refractivity contribution in [3.8, 4) is 11.3 Å². The molecule has 0 N–H and O–H groups in total. The highest BCUT2D eigenvalue weighted by atomic mass is 32.2. The van der Waals surface area contributed by atoms with Crippen LogP contribution in [-0.2, 0) is 32.4 Å². The summed E-state index contributed by atoms with van der Waals surface area (Å²) in [5.41, 5.74) is 3.25. The Hall–Kier alpha value is -2.93. The predicted molar refractivity (Wildman–Crippen MR) is 109 cm³/mol. The molecule has 0 aliphatic rings. The molecule has 0 saturated carbocycles. The average molecular weight is 413 g/mol. The highest BCUT2D eigenvalue weighted by Crippen LogP contribution is 2.21. The van der Waals surface area contributed by atoms with Crippen LogP contribution in [0.3, 0.4) is 0 Å². The molecule has 0 spiro atoms. The molecule has 1 aromatic heterocycles. The molecule has 0 aliphatic carbocycles. The number of carbonyl (C=O) groups is 1. The standard InChI is InChI=1S/C22H23NO5S/c1-15(2)29(25,26)20-10-6-17(7-11-20)12-22(24)27-14-19-13-21(28-23-19)18-8-4-16(3)5-9-18/h4-11,13,15H,12,14H2,1-3H3. The van der Waals surface area contributed by atoms with E-state index in [4.69, 9.17) is 9.26 Å². The van der Waals surface area contributed by atoms with Crippen LogP contribution in [0.1, 0.15) is 30.7 Å². The van der Waals surface area contributed by atoms with Crippen LogP contribution in [0.5, 0.6) is 0 Å². The molecule has 7 heteroatoms. The van der Waals surface area contributed by atoms with Gasteiger partial charge in [-0.1, -0.05) is 47.1 Å². The van der Waals surface area contributed by atoms with Gasteiger partial charge in [-0.25, -0.2) is 8.42 Å². The number of nitrogens with zero attached hydrogens (tertiary/aromatic N) is 1. The zero-order valence-corrected chi connectivity index (χ0v) is 17.4. The molecule has 0 saturated heterocycles. The van der Waals surface area contributed by atoms with Gasteiger partial charge in [0.15, 0.2) is 15.6 Å². The quantitative estimate of drug-likeness (QED) is 0.542. The van der Waals surface area contributed by atoms with Gasteiger partial charge in [0.25, 0.3) is 0 Å². The van der Waals surface area contributed by atoms with Gasteiger partial charge in [0.1, 0.15) is 12.3 Å². The number of hydrogen-bond acceptors (Lipinski definition) is 6. The third kappa shape index (κ3) is 5.12. The first-order valence-corrected chi connectivity index (χ1v) is 10.8. The Morgan fingerprint density at radius 3 is 2.34 bits per heavy atom. The third-order valence-corrected chi connectivity index (χ3v) is 6.67. The van der Waals surface area contributed by atoms with Gasteiger partial charge in [-0.15, -0.1) is 0 Å². The van der Waals surface area contributed by atoms with Crippen LogP contribution < -0.4 is 0 Å². The first-order chi connectivity index (χ1) is 13.8. The Morgan fingerprint density at radius 2 is 1.72 bits per heavy atom. The number of sulfone groups is 1. The fourth-order valence-corrected chi connectivity index (χ4v) is 3.73. The maximum atomic E-state index is 12.1. The van der Waals surface area contributed by atoms with E-state index in [1.54, 1.807) is 32.0 Å². The number of carbonyl (C=O) groups excluding carboxylic acids is 1. The molecule has 152 valence electrons. The molecule has 0 unspecified atom stereocenters. The molecule has 1 heterocycles. The number of benzene rings is 2. The molecule has 29 heavy (non-hydrogen) atoms. The largest absolute Gasteiger partial charge is 0.459 e. The van der Waals surface area contributed by atoms with Crippen LogP contribution in [0.4, 0.5) is 0 Å². The first kappa shape index (κ1) is 20.8. The number of ether oxygens (including phenoxy) is 1. The van der Waals surface area contributed by atoms with E-state index in [1.807, 2.05) is 31.2 Å². The van der Waals surface area contributed by atoms with Gasteiger partial charge in [0.05, 0.1) is 16.6 Å².